The maximum Gasteiger partial charge on any atom is 0.254 e. The average Bonchev–Trinajstić information content (AvgIpc) is 3.03. The van der Waals surface area contributed by atoms with Gasteiger partial charge in [0.2, 0.25) is 0 Å². The standard InChI is InChI=1S/C15H19ClN8/c1-4-11-22-13(16)10(3)14(23-11)18-6-5-17-12-7-9(2)21-15-19-8-20-24(12)15/h7-8,17H,4-6H2,1-3H3,(H,18,22,23). The van der Waals surface area contributed by atoms with Crippen LogP contribution in [0.5, 0.6) is 0 Å². The molecule has 0 aliphatic carbocycles. The van der Waals surface area contributed by atoms with Crippen LogP contribution in [0.25, 0.3) is 5.78 Å². The van der Waals surface area contributed by atoms with Crippen molar-refractivity contribution >= 4 is 29.0 Å². The van der Waals surface area contributed by atoms with Crippen LogP contribution in [0.1, 0.15) is 24.0 Å². The van der Waals surface area contributed by atoms with Crippen molar-refractivity contribution in [3.63, 3.8) is 0 Å². The van der Waals surface area contributed by atoms with Gasteiger partial charge in [-0.15, -0.1) is 0 Å². The Morgan fingerprint density at radius 1 is 1.12 bits per heavy atom. The minimum atomic E-state index is 0.492. The van der Waals surface area contributed by atoms with E-state index in [1.165, 1.54) is 6.33 Å². The lowest BCUT2D eigenvalue weighted by Crippen LogP contribution is -2.17. The molecule has 0 aliphatic heterocycles. The Hall–Kier alpha value is -2.48. The Labute approximate surface area is 144 Å². The first-order chi connectivity index (χ1) is 11.6. The van der Waals surface area contributed by atoms with Crippen LogP contribution >= 0.6 is 11.6 Å². The van der Waals surface area contributed by atoms with Gasteiger partial charge in [-0.2, -0.15) is 14.6 Å². The molecule has 0 atom stereocenters. The summed E-state index contributed by atoms with van der Waals surface area (Å²) in [5, 5.41) is 11.3. The highest BCUT2D eigenvalue weighted by molar-refractivity contribution is 6.30. The molecular formula is C15H19ClN8. The second-order valence-corrected chi connectivity index (χ2v) is 5.72. The molecule has 0 spiro atoms. The number of nitrogens with one attached hydrogen (secondary N) is 2. The summed E-state index contributed by atoms with van der Waals surface area (Å²) in [4.78, 5) is 17.1. The molecule has 3 aromatic heterocycles. The molecule has 0 saturated heterocycles. The number of aryl methyl sites for hydroxylation is 2. The topological polar surface area (TPSA) is 92.9 Å². The predicted molar refractivity (Wildman–Crippen MR) is 93.7 cm³/mol. The fourth-order valence-electron chi connectivity index (χ4n) is 2.29. The summed E-state index contributed by atoms with van der Waals surface area (Å²) in [6, 6.07) is 1.93. The molecule has 3 rings (SSSR count). The summed E-state index contributed by atoms with van der Waals surface area (Å²) in [5.74, 6) is 2.93. The van der Waals surface area contributed by atoms with E-state index < -0.39 is 0 Å². The SMILES string of the molecule is CCc1nc(Cl)c(C)c(NCCNc2cc(C)nc3ncnn23)n1. The number of hydrogen-bond acceptors (Lipinski definition) is 7. The summed E-state index contributed by atoms with van der Waals surface area (Å²) in [5.41, 5.74) is 1.74. The molecule has 0 radical (unpaired) electrons. The summed E-state index contributed by atoms with van der Waals surface area (Å²) in [7, 11) is 0. The zero-order valence-electron chi connectivity index (χ0n) is 13.8. The Kier molecular flexibility index (Phi) is 4.75. The van der Waals surface area contributed by atoms with Gasteiger partial charge in [-0.3, -0.25) is 0 Å². The summed E-state index contributed by atoms with van der Waals surface area (Å²) < 4.78 is 1.68. The van der Waals surface area contributed by atoms with E-state index in [4.69, 9.17) is 11.6 Å². The first kappa shape index (κ1) is 16.4. The zero-order valence-corrected chi connectivity index (χ0v) is 14.6. The first-order valence-electron chi connectivity index (χ1n) is 7.76. The fraction of sp³-hybridized carbons (Fsp3) is 0.400. The lowest BCUT2D eigenvalue weighted by atomic mass is 10.3. The summed E-state index contributed by atoms with van der Waals surface area (Å²) >= 11 is 6.14. The van der Waals surface area contributed by atoms with Crippen molar-refractivity contribution in [2.45, 2.75) is 27.2 Å². The molecule has 0 unspecified atom stereocenters. The van der Waals surface area contributed by atoms with Crippen LogP contribution in [-0.2, 0) is 6.42 Å². The molecule has 3 aromatic rings. The highest BCUT2D eigenvalue weighted by atomic mass is 35.5. The molecule has 2 N–H and O–H groups in total. The van der Waals surface area contributed by atoms with E-state index in [0.717, 1.165) is 35.1 Å². The molecule has 3 heterocycles. The van der Waals surface area contributed by atoms with Gasteiger partial charge in [-0.25, -0.2) is 15.0 Å². The van der Waals surface area contributed by atoms with Crippen LogP contribution in [0.2, 0.25) is 5.15 Å². The van der Waals surface area contributed by atoms with Gasteiger partial charge in [-0.1, -0.05) is 18.5 Å². The van der Waals surface area contributed by atoms with Gasteiger partial charge in [0.25, 0.3) is 5.78 Å². The van der Waals surface area contributed by atoms with Crippen LogP contribution in [-0.4, -0.2) is 42.6 Å². The van der Waals surface area contributed by atoms with Crippen LogP contribution < -0.4 is 10.6 Å². The third-order valence-corrected chi connectivity index (χ3v) is 3.92. The van der Waals surface area contributed by atoms with Gasteiger partial charge in [-0.05, 0) is 13.8 Å². The van der Waals surface area contributed by atoms with Gasteiger partial charge in [0.1, 0.15) is 28.9 Å². The Bertz CT molecular complexity index is 860. The Morgan fingerprint density at radius 3 is 2.71 bits per heavy atom. The van der Waals surface area contributed by atoms with E-state index in [0.29, 0.717) is 24.0 Å². The lowest BCUT2D eigenvalue weighted by molar-refractivity contribution is 0.904. The molecule has 0 amide bonds. The number of halogens is 1. The molecule has 126 valence electrons. The Balaban J connectivity index is 1.65. The van der Waals surface area contributed by atoms with Crippen molar-refractivity contribution in [3.05, 3.63) is 34.6 Å². The minimum Gasteiger partial charge on any atom is -0.368 e. The third kappa shape index (κ3) is 3.38. The maximum absolute atomic E-state index is 6.14. The van der Waals surface area contributed by atoms with Crippen molar-refractivity contribution in [1.82, 2.24) is 29.5 Å². The molecule has 8 nitrogen and oxygen atoms in total. The van der Waals surface area contributed by atoms with Crippen molar-refractivity contribution in [2.24, 2.45) is 0 Å². The van der Waals surface area contributed by atoms with E-state index >= 15 is 0 Å². The fourth-order valence-corrected chi connectivity index (χ4v) is 2.48. The van der Waals surface area contributed by atoms with Gasteiger partial charge in [0.05, 0.1) is 0 Å². The van der Waals surface area contributed by atoms with E-state index in [9.17, 15) is 0 Å². The normalized spacial score (nSPS) is 11.0. The van der Waals surface area contributed by atoms with Crippen molar-refractivity contribution in [2.75, 3.05) is 23.7 Å². The van der Waals surface area contributed by atoms with Crippen LogP contribution in [0.3, 0.4) is 0 Å². The Morgan fingerprint density at radius 2 is 1.92 bits per heavy atom. The smallest absolute Gasteiger partial charge is 0.254 e. The van der Waals surface area contributed by atoms with Crippen molar-refractivity contribution in [3.8, 4) is 0 Å². The highest BCUT2D eigenvalue weighted by Gasteiger charge is 2.08. The molecule has 0 saturated carbocycles. The van der Waals surface area contributed by atoms with E-state index in [2.05, 4.69) is 35.7 Å². The van der Waals surface area contributed by atoms with E-state index in [1.54, 1.807) is 4.52 Å². The van der Waals surface area contributed by atoms with Gasteiger partial charge >= 0.3 is 0 Å². The second kappa shape index (κ2) is 6.96. The number of hydrogen-bond donors (Lipinski definition) is 2. The predicted octanol–water partition coefficient (Wildman–Crippen LogP) is 2.27. The lowest BCUT2D eigenvalue weighted by Gasteiger charge is -2.12. The van der Waals surface area contributed by atoms with Gasteiger partial charge in [0.15, 0.2) is 0 Å². The van der Waals surface area contributed by atoms with Crippen LogP contribution in [0.4, 0.5) is 11.6 Å². The third-order valence-electron chi connectivity index (χ3n) is 3.55. The van der Waals surface area contributed by atoms with E-state index in [-0.39, 0.29) is 0 Å². The summed E-state index contributed by atoms with van der Waals surface area (Å²) in [6.07, 6.45) is 2.23. The van der Waals surface area contributed by atoms with Crippen molar-refractivity contribution in [1.29, 1.82) is 0 Å². The number of anilines is 2. The quantitative estimate of drug-likeness (QED) is 0.522. The molecule has 24 heavy (non-hydrogen) atoms. The average molecular weight is 347 g/mol. The molecule has 0 bridgehead atoms. The van der Waals surface area contributed by atoms with Crippen LogP contribution in [0, 0.1) is 13.8 Å². The number of nitrogens with zero attached hydrogens (tertiary/aromatic N) is 6. The van der Waals surface area contributed by atoms with Gasteiger partial charge in [0, 0.05) is 36.8 Å². The monoisotopic (exact) mass is 346 g/mol. The minimum absolute atomic E-state index is 0.492. The number of fused-ring (bicyclic) bond motifs is 1. The number of aromatic nitrogens is 6. The maximum atomic E-state index is 6.14. The second-order valence-electron chi connectivity index (χ2n) is 5.37. The molecule has 9 heteroatoms. The van der Waals surface area contributed by atoms with Crippen molar-refractivity contribution < 1.29 is 0 Å². The molecule has 0 fully saturated rings. The summed E-state index contributed by atoms with van der Waals surface area (Å²) in [6.45, 7) is 7.19. The molecular weight excluding hydrogens is 328 g/mol. The highest BCUT2D eigenvalue weighted by Crippen LogP contribution is 2.19. The van der Waals surface area contributed by atoms with Crippen LogP contribution in [0.15, 0.2) is 12.4 Å². The first-order valence-corrected chi connectivity index (χ1v) is 8.14. The molecule has 0 aromatic carbocycles. The molecule has 0 aliphatic rings. The number of rotatable bonds is 6. The van der Waals surface area contributed by atoms with E-state index in [1.807, 2.05) is 26.8 Å². The largest absolute Gasteiger partial charge is 0.368 e. The zero-order chi connectivity index (χ0) is 17.1. The van der Waals surface area contributed by atoms with Gasteiger partial charge < -0.3 is 10.6 Å².